The molecule has 0 spiro atoms. The number of thioether (sulfide) groups is 1. The Balaban J connectivity index is 2.54. The number of hydrogen-bond donors (Lipinski definition) is 1. The van der Waals surface area contributed by atoms with Crippen molar-refractivity contribution < 1.29 is 9.90 Å². The van der Waals surface area contributed by atoms with E-state index in [0.29, 0.717) is 0 Å². The van der Waals surface area contributed by atoms with E-state index in [0.717, 1.165) is 16.2 Å². The third-order valence-electron chi connectivity index (χ3n) is 2.53. The molecule has 0 aliphatic carbocycles. The molecule has 0 radical (unpaired) electrons. The standard InChI is InChI=1S/C13H16N2O2S/c1-13(2,3)15-10-7-5-4-6-9(10)14-12(15)18-8-11(16)17/h4-7H,8H2,1-3H3,(H,16,17). The summed E-state index contributed by atoms with van der Waals surface area (Å²) in [6, 6.07) is 7.87. The number of benzene rings is 1. The van der Waals surface area contributed by atoms with Gasteiger partial charge in [-0.25, -0.2) is 4.98 Å². The highest BCUT2D eigenvalue weighted by Crippen LogP contribution is 2.30. The van der Waals surface area contributed by atoms with E-state index < -0.39 is 5.97 Å². The molecule has 0 amide bonds. The van der Waals surface area contributed by atoms with E-state index in [4.69, 9.17) is 5.11 Å². The molecule has 18 heavy (non-hydrogen) atoms. The number of carbonyl (C=O) groups is 1. The Kier molecular flexibility index (Phi) is 3.34. The molecular formula is C13H16N2O2S. The van der Waals surface area contributed by atoms with Gasteiger partial charge >= 0.3 is 5.97 Å². The summed E-state index contributed by atoms with van der Waals surface area (Å²) < 4.78 is 2.09. The Morgan fingerprint density at radius 3 is 2.67 bits per heavy atom. The minimum absolute atomic E-state index is 0.0272. The van der Waals surface area contributed by atoms with E-state index in [9.17, 15) is 4.79 Å². The van der Waals surface area contributed by atoms with E-state index >= 15 is 0 Å². The molecule has 1 heterocycles. The number of hydrogen-bond acceptors (Lipinski definition) is 3. The van der Waals surface area contributed by atoms with Gasteiger partial charge in [0.15, 0.2) is 5.16 Å². The molecule has 0 unspecified atom stereocenters. The van der Waals surface area contributed by atoms with Crippen molar-refractivity contribution in [3.8, 4) is 0 Å². The molecule has 96 valence electrons. The zero-order valence-electron chi connectivity index (χ0n) is 10.7. The van der Waals surface area contributed by atoms with Gasteiger partial charge < -0.3 is 9.67 Å². The van der Waals surface area contributed by atoms with E-state index in [-0.39, 0.29) is 11.3 Å². The van der Waals surface area contributed by atoms with Crippen LogP contribution >= 0.6 is 11.8 Å². The summed E-state index contributed by atoms with van der Waals surface area (Å²) in [6.45, 7) is 6.27. The van der Waals surface area contributed by atoms with Crippen molar-refractivity contribution >= 4 is 28.8 Å². The molecule has 0 atom stereocenters. The first-order chi connectivity index (χ1) is 8.39. The van der Waals surface area contributed by atoms with Crippen LogP contribution in [0.5, 0.6) is 0 Å². The molecular weight excluding hydrogens is 248 g/mol. The van der Waals surface area contributed by atoms with Gasteiger partial charge in [-0.05, 0) is 32.9 Å². The van der Waals surface area contributed by atoms with Crippen LogP contribution < -0.4 is 0 Å². The number of aromatic nitrogens is 2. The van der Waals surface area contributed by atoms with Gasteiger partial charge in [-0.3, -0.25) is 4.79 Å². The molecule has 0 fully saturated rings. The Labute approximate surface area is 110 Å². The molecule has 2 rings (SSSR count). The lowest BCUT2D eigenvalue weighted by atomic mass is 10.1. The lowest BCUT2D eigenvalue weighted by Gasteiger charge is -2.24. The van der Waals surface area contributed by atoms with Gasteiger partial charge in [-0.15, -0.1) is 0 Å². The van der Waals surface area contributed by atoms with Crippen LogP contribution in [-0.4, -0.2) is 26.4 Å². The predicted octanol–water partition coefficient (Wildman–Crippen LogP) is 2.97. The topological polar surface area (TPSA) is 55.1 Å². The van der Waals surface area contributed by atoms with Crippen LogP contribution in [0.4, 0.5) is 0 Å². The van der Waals surface area contributed by atoms with Gasteiger partial charge in [-0.2, -0.15) is 0 Å². The number of aliphatic carboxylic acids is 1. The molecule has 1 aromatic heterocycles. The quantitative estimate of drug-likeness (QED) is 0.866. The van der Waals surface area contributed by atoms with Gasteiger partial charge in [0.1, 0.15) is 0 Å². The van der Waals surface area contributed by atoms with E-state index in [1.54, 1.807) is 0 Å². The number of nitrogens with zero attached hydrogens (tertiary/aromatic N) is 2. The fourth-order valence-electron chi connectivity index (χ4n) is 1.88. The minimum Gasteiger partial charge on any atom is -0.481 e. The number of carboxylic acid groups (broad SMARTS) is 1. The molecule has 4 nitrogen and oxygen atoms in total. The van der Waals surface area contributed by atoms with Crippen LogP contribution in [-0.2, 0) is 10.3 Å². The Morgan fingerprint density at radius 2 is 2.06 bits per heavy atom. The maximum Gasteiger partial charge on any atom is 0.313 e. The van der Waals surface area contributed by atoms with Crippen LogP contribution in [0, 0.1) is 0 Å². The maximum absolute atomic E-state index is 10.7. The zero-order valence-corrected chi connectivity index (χ0v) is 11.5. The molecule has 1 N–H and O–H groups in total. The fourth-order valence-corrected chi connectivity index (χ4v) is 2.79. The predicted molar refractivity (Wildman–Crippen MR) is 73.1 cm³/mol. The third-order valence-corrected chi connectivity index (χ3v) is 3.45. The molecule has 2 aromatic rings. The largest absolute Gasteiger partial charge is 0.481 e. The van der Waals surface area contributed by atoms with Crippen molar-refractivity contribution in [1.82, 2.24) is 9.55 Å². The highest BCUT2D eigenvalue weighted by molar-refractivity contribution is 7.99. The second-order valence-corrected chi connectivity index (χ2v) is 6.01. The number of carboxylic acids is 1. The molecule has 0 aliphatic heterocycles. The fraction of sp³-hybridized carbons (Fsp3) is 0.385. The number of rotatable bonds is 3. The smallest absolute Gasteiger partial charge is 0.313 e. The van der Waals surface area contributed by atoms with Crippen molar-refractivity contribution in [1.29, 1.82) is 0 Å². The van der Waals surface area contributed by atoms with Crippen molar-refractivity contribution in [2.24, 2.45) is 0 Å². The molecule has 0 saturated carbocycles. The number of fused-ring (bicyclic) bond motifs is 1. The van der Waals surface area contributed by atoms with E-state index in [1.807, 2.05) is 24.3 Å². The average Bonchev–Trinajstić information content (AvgIpc) is 2.63. The summed E-state index contributed by atoms with van der Waals surface area (Å²) in [5.74, 6) is -0.799. The molecule has 0 bridgehead atoms. The highest BCUT2D eigenvalue weighted by atomic mass is 32.2. The maximum atomic E-state index is 10.7. The number of imidazole rings is 1. The average molecular weight is 264 g/mol. The second-order valence-electron chi connectivity index (χ2n) is 5.07. The van der Waals surface area contributed by atoms with Crippen molar-refractivity contribution in [2.45, 2.75) is 31.5 Å². The van der Waals surface area contributed by atoms with Gasteiger partial charge in [0.2, 0.25) is 0 Å². The van der Waals surface area contributed by atoms with Crippen LogP contribution in [0.15, 0.2) is 29.4 Å². The van der Waals surface area contributed by atoms with Crippen molar-refractivity contribution in [3.05, 3.63) is 24.3 Å². The van der Waals surface area contributed by atoms with Gasteiger partial charge in [-0.1, -0.05) is 23.9 Å². The number of para-hydroxylation sites is 2. The van der Waals surface area contributed by atoms with Gasteiger partial charge in [0.05, 0.1) is 16.8 Å². The van der Waals surface area contributed by atoms with Crippen LogP contribution in [0.3, 0.4) is 0 Å². The monoisotopic (exact) mass is 264 g/mol. The Hall–Kier alpha value is -1.49. The normalized spacial score (nSPS) is 11.9. The summed E-state index contributed by atoms with van der Waals surface area (Å²) in [5, 5.41) is 9.54. The second kappa shape index (κ2) is 4.65. The van der Waals surface area contributed by atoms with Crippen molar-refractivity contribution in [2.75, 3.05) is 5.75 Å². The highest BCUT2D eigenvalue weighted by Gasteiger charge is 2.21. The Morgan fingerprint density at radius 1 is 1.39 bits per heavy atom. The zero-order chi connectivity index (χ0) is 13.3. The first kappa shape index (κ1) is 13.0. The first-order valence-electron chi connectivity index (χ1n) is 5.72. The molecule has 1 aromatic carbocycles. The molecule has 0 aliphatic rings. The van der Waals surface area contributed by atoms with E-state index in [2.05, 4.69) is 30.3 Å². The van der Waals surface area contributed by atoms with Gasteiger partial charge in [0.25, 0.3) is 0 Å². The molecule has 5 heteroatoms. The summed E-state index contributed by atoms with van der Waals surface area (Å²) in [7, 11) is 0. The SMILES string of the molecule is CC(C)(C)n1c(SCC(=O)O)nc2ccccc21. The molecule has 0 saturated heterocycles. The van der Waals surface area contributed by atoms with Crippen LogP contribution in [0.2, 0.25) is 0 Å². The summed E-state index contributed by atoms with van der Waals surface area (Å²) in [5.41, 5.74) is 1.81. The lowest BCUT2D eigenvalue weighted by Crippen LogP contribution is -2.22. The Bertz CT molecular complexity index is 584. The van der Waals surface area contributed by atoms with Crippen LogP contribution in [0.1, 0.15) is 20.8 Å². The lowest BCUT2D eigenvalue weighted by molar-refractivity contribution is -0.133. The summed E-state index contributed by atoms with van der Waals surface area (Å²) in [6.07, 6.45) is 0. The summed E-state index contributed by atoms with van der Waals surface area (Å²) >= 11 is 1.26. The summed E-state index contributed by atoms with van der Waals surface area (Å²) in [4.78, 5) is 15.2. The van der Waals surface area contributed by atoms with E-state index in [1.165, 1.54) is 11.8 Å². The van der Waals surface area contributed by atoms with Crippen molar-refractivity contribution in [3.63, 3.8) is 0 Å². The first-order valence-corrected chi connectivity index (χ1v) is 6.71. The minimum atomic E-state index is -0.826. The third kappa shape index (κ3) is 2.51. The van der Waals surface area contributed by atoms with Crippen LogP contribution in [0.25, 0.3) is 11.0 Å². The van der Waals surface area contributed by atoms with Gasteiger partial charge in [0, 0.05) is 5.54 Å².